The van der Waals surface area contributed by atoms with E-state index in [1.165, 1.54) is 0 Å². The van der Waals surface area contributed by atoms with Gasteiger partial charge in [-0.2, -0.15) is 0 Å². The van der Waals surface area contributed by atoms with Crippen molar-refractivity contribution in [1.29, 1.82) is 0 Å². The third kappa shape index (κ3) is 1.73. The van der Waals surface area contributed by atoms with Gasteiger partial charge in [-0.15, -0.1) is 0 Å². The van der Waals surface area contributed by atoms with E-state index in [1.807, 2.05) is 0 Å². The Hall–Kier alpha value is -1.06. The molecule has 0 aromatic heterocycles. The standard InChI is InChI=1S/C11H12ClNO2/c12-9-5-3-8(4-6-9)11(15,10(13)14)7-1-2-7/h3-7,15H,1-2H2,(H2,13,14). The normalized spacial score (nSPS) is 19.6. The van der Waals surface area contributed by atoms with Crippen LogP contribution in [0.5, 0.6) is 0 Å². The highest BCUT2D eigenvalue weighted by atomic mass is 35.5. The summed E-state index contributed by atoms with van der Waals surface area (Å²) in [7, 11) is 0. The molecular formula is C11H12ClNO2. The first-order valence-corrected chi connectivity index (χ1v) is 5.21. The minimum atomic E-state index is -1.52. The summed E-state index contributed by atoms with van der Waals surface area (Å²) in [5.74, 6) is -0.733. The molecule has 3 nitrogen and oxygen atoms in total. The van der Waals surface area contributed by atoms with Gasteiger partial charge in [0.25, 0.3) is 5.91 Å². The first-order valence-electron chi connectivity index (χ1n) is 4.83. The number of amides is 1. The van der Waals surface area contributed by atoms with Crippen LogP contribution in [0.15, 0.2) is 24.3 Å². The lowest BCUT2D eigenvalue weighted by molar-refractivity contribution is -0.139. The van der Waals surface area contributed by atoms with Gasteiger partial charge < -0.3 is 10.8 Å². The van der Waals surface area contributed by atoms with Crippen LogP contribution in [0.3, 0.4) is 0 Å². The number of nitrogens with two attached hydrogens (primary N) is 1. The summed E-state index contributed by atoms with van der Waals surface area (Å²) in [4.78, 5) is 11.3. The Morgan fingerprint density at radius 2 is 1.93 bits per heavy atom. The molecule has 0 bridgehead atoms. The Balaban J connectivity index is 2.40. The zero-order valence-corrected chi connectivity index (χ0v) is 8.87. The van der Waals surface area contributed by atoms with Crippen molar-refractivity contribution < 1.29 is 9.90 Å². The molecule has 0 spiro atoms. The molecule has 1 amide bonds. The Morgan fingerprint density at radius 1 is 1.40 bits per heavy atom. The number of carbonyl (C=O) groups excluding carboxylic acids is 1. The summed E-state index contributed by atoms with van der Waals surface area (Å²) >= 11 is 5.74. The quantitative estimate of drug-likeness (QED) is 0.817. The molecule has 0 saturated heterocycles. The van der Waals surface area contributed by atoms with E-state index in [-0.39, 0.29) is 5.92 Å². The number of primary amides is 1. The van der Waals surface area contributed by atoms with Crippen molar-refractivity contribution in [3.8, 4) is 0 Å². The van der Waals surface area contributed by atoms with Crippen molar-refractivity contribution in [2.75, 3.05) is 0 Å². The first kappa shape index (κ1) is 10.5. The molecule has 2 rings (SSSR count). The maximum atomic E-state index is 11.3. The van der Waals surface area contributed by atoms with Crippen LogP contribution in [0.1, 0.15) is 18.4 Å². The maximum absolute atomic E-state index is 11.3. The van der Waals surface area contributed by atoms with Crippen LogP contribution >= 0.6 is 11.6 Å². The van der Waals surface area contributed by atoms with Crippen LogP contribution < -0.4 is 5.73 Å². The summed E-state index contributed by atoms with van der Waals surface area (Å²) in [6, 6.07) is 6.58. The minimum absolute atomic E-state index is 0.0452. The number of halogens is 1. The molecule has 0 aliphatic heterocycles. The largest absolute Gasteiger partial charge is 0.375 e. The first-order chi connectivity index (χ1) is 7.05. The molecule has 80 valence electrons. The fourth-order valence-corrected chi connectivity index (χ4v) is 1.91. The van der Waals surface area contributed by atoms with E-state index in [0.29, 0.717) is 10.6 Å². The highest BCUT2D eigenvalue weighted by Crippen LogP contribution is 2.45. The van der Waals surface area contributed by atoms with Gasteiger partial charge in [0.05, 0.1) is 0 Å². The van der Waals surface area contributed by atoms with Crippen LogP contribution in [-0.2, 0) is 10.4 Å². The molecule has 1 aliphatic carbocycles. The zero-order valence-electron chi connectivity index (χ0n) is 8.11. The van der Waals surface area contributed by atoms with Crippen molar-refractivity contribution >= 4 is 17.5 Å². The fraction of sp³-hybridized carbons (Fsp3) is 0.364. The molecule has 0 radical (unpaired) electrons. The van der Waals surface area contributed by atoms with Gasteiger partial charge in [0.15, 0.2) is 5.60 Å². The predicted octanol–water partition coefficient (Wildman–Crippen LogP) is 1.42. The molecule has 15 heavy (non-hydrogen) atoms. The van der Waals surface area contributed by atoms with Crippen LogP contribution in [0.25, 0.3) is 0 Å². The lowest BCUT2D eigenvalue weighted by Crippen LogP contribution is -2.43. The Kier molecular flexibility index (Phi) is 2.44. The molecular weight excluding hydrogens is 214 g/mol. The van der Waals surface area contributed by atoms with Gasteiger partial charge in [0.2, 0.25) is 0 Å². The van der Waals surface area contributed by atoms with Crippen molar-refractivity contribution in [3.63, 3.8) is 0 Å². The van der Waals surface area contributed by atoms with Crippen molar-refractivity contribution in [2.24, 2.45) is 11.7 Å². The average Bonchev–Trinajstić information content (AvgIpc) is 3.00. The van der Waals surface area contributed by atoms with E-state index < -0.39 is 11.5 Å². The third-order valence-electron chi connectivity index (χ3n) is 2.83. The highest BCUT2D eigenvalue weighted by Gasteiger charge is 2.49. The molecule has 1 fully saturated rings. The SMILES string of the molecule is NC(=O)C(O)(c1ccc(Cl)cc1)C1CC1. The molecule has 4 heteroatoms. The van der Waals surface area contributed by atoms with Crippen molar-refractivity contribution in [3.05, 3.63) is 34.9 Å². The molecule has 3 N–H and O–H groups in total. The summed E-state index contributed by atoms with van der Waals surface area (Å²) < 4.78 is 0. The molecule has 1 aliphatic rings. The summed E-state index contributed by atoms with van der Waals surface area (Å²) in [6.45, 7) is 0. The number of aliphatic hydroxyl groups is 1. The maximum Gasteiger partial charge on any atom is 0.254 e. The zero-order chi connectivity index (χ0) is 11.1. The van der Waals surface area contributed by atoms with Gasteiger partial charge in [-0.25, -0.2) is 0 Å². The van der Waals surface area contributed by atoms with E-state index >= 15 is 0 Å². The number of benzene rings is 1. The molecule has 1 aromatic rings. The summed E-state index contributed by atoms with van der Waals surface area (Å²) in [6.07, 6.45) is 1.67. The second-order valence-electron chi connectivity index (χ2n) is 3.91. The molecule has 1 saturated carbocycles. The Morgan fingerprint density at radius 3 is 2.33 bits per heavy atom. The molecule has 1 atom stereocenters. The van der Waals surface area contributed by atoms with Gasteiger partial charge in [-0.1, -0.05) is 23.7 Å². The average molecular weight is 226 g/mol. The van der Waals surface area contributed by atoms with Crippen LogP contribution in [0.4, 0.5) is 0 Å². The third-order valence-corrected chi connectivity index (χ3v) is 3.08. The van der Waals surface area contributed by atoms with Gasteiger partial charge in [0.1, 0.15) is 0 Å². The number of hydrogen-bond acceptors (Lipinski definition) is 2. The van der Waals surface area contributed by atoms with Crippen LogP contribution in [-0.4, -0.2) is 11.0 Å². The Labute approximate surface area is 92.8 Å². The van der Waals surface area contributed by atoms with Crippen LogP contribution in [0, 0.1) is 5.92 Å². The van der Waals surface area contributed by atoms with Crippen LogP contribution in [0.2, 0.25) is 5.02 Å². The van der Waals surface area contributed by atoms with E-state index in [4.69, 9.17) is 17.3 Å². The van der Waals surface area contributed by atoms with Gasteiger partial charge in [-0.3, -0.25) is 4.79 Å². The lowest BCUT2D eigenvalue weighted by Gasteiger charge is -2.24. The molecule has 1 unspecified atom stereocenters. The number of rotatable bonds is 3. The van der Waals surface area contributed by atoms with E-state index in [0.717, 1.165) is 12.8 Å². The molecule has 1 aromatic carbocycles. The monoisotopic (exact) mass is 225 g/mol. The second kappa shape index (κ2) is 3.51. The molecule has 0 heterocycles. The van der Waals surface area contributed by atoms with Gasteiger partial charge in [-0.05, 0) is 30.5 Å². The van der Waals surface area contributed by atoms with E-state index in [1.54, 1.807) is 24.3 Å². The number of carbonyl (C=O) groups is 1. The summed E-state index contributed by atoms with van der Waals surface area (Å²) in [5, 5.41) is 10.8. The van der Waals surface area contributed by atoms with Crippen molar-refractivity contribution in [2.45, 2.75) is 18.4 Å². The topological polar surface area (TPSA) is 63.3 Å². The number of hydrogen-bond donors (Lipinski definition) is 2. The fourth-order valence-electron chi connectivity index (χ4n) is 1.78. The van der Waals surface area contributed by atoms with Gasteiger partial charge >= 0.3 is 0 Å². The smallest absolute Gasteiger partial charge is 0.254 e. The van der Waals surface area contributed by atoms with Gasteiger partial charge in [0, 0.05) is 10.9 Å². The second-order valence-corrected chi connectivity index (χ2v) is 4.35. The van der Waals surface area contributed by atoms with Crippen molar-refractivity contribution in [1.82, 2.24) is 0 Å². The predicted molar refractivity (Wildman–Crippen MR) is 57.3 cm³/mol. The highest BCUT2D eigenvalue weighted by molar-refractivity contribution is 6.30. The minimum Gasteiger partial charge on any atom is -0.375 e. The van der Waals surface area contributed by atoms with E-state index in [9.17, 15) is 9.90 Å². The Bertz CT molecular complexity index is 386. The summed E-state index contributed by atoms with van der Waals surface area (Å²) in [5.41, 5.74) is 4.27. The van der Waals surface area contributed by atoms with E-state index in [2.05, 4.69) is 0 Å². The lowest BCUT2D eigenvalue weighted by atomic mass is 9.88.